The minimum absolute atomic E-state index is 0.567. The van der Waals surface area contributed by atoms with Crippen LogP contribution in [0.5, 0.6) is 0 Å². The molecule has 1 fully saturated rings. The Labute approximate surface area is 78.9 Å². The molecule has 0 aliphatic carbocycles. The number of hydrogen-bond donors (Lipinski definition) is 1. The minimum atomic E-state index is -2.55. The van der Waals surface area contributed by atoms with E-state index >= 15 is 0 Å². The van der Waals surface area contributed by atoms with Gasteiger partial charge in [0.05, 0.1) is 6.04 Å². The number of alkyl halides is 2. The average molecular weight is 191 g/mol. The zero-order valence-electron chi connectivity index (χ0n) is 8.45. The van der Waals surface area contributed by atoms with Gasteiger partial charge in [0.2, 0.25) is 0 Å². The molecule has 1 rings (SSSR count). The van der Waals surface area contributed by atoms with Crippen LogP contribution in [0, 0.1) is 5.92 Å². The molecule has 13 heavy (non-hydrogen) atoms. The molecule has 0 amide bonds. The molecule has 1 saturated heterocycles. The maximum atomic E-state index is 13.6. The molecule has 1 heterocycles. The predicted octanol–water partition coefficient (Wildman–Crippen LogP) is 2.81. The van der Waals surface area contributed by atoms with E-state index in [1.54, 1.807) is 13.8 Å². The zero-order chi connectivity index (χ0) is 9.90. The van der Waals surface area contributed by atoms with Crippen molar-refractivity contribution in [3.63, 3.8) is 0 Å². The van der Waals surface area contributed by atoms with E-state index in [2.05, 4.69) is 5.32 Å². The fourth-order valence-corrected chi connectivity index (χ4v) is 1.76. The summed E-state index contributed by atoms with van der Waals surface area (Å²) in [6, 6.07) is -0.602. The van der Waals surface area contributed by atoms with Gasteiger partial charge in [0.15, 0.2) is 0 Å². The molecule has 0 radical (unpaired) electrons. The van der Waals surface area contributed by atoms with Crippen molar-refractivity contribution in [3.05, 3.63) is 0 Å². The molecule has 0 aromatic rings. The van der Waals surface area contributed by atoms with Gasteiger partial charge in [0, 0.05) is 5.92 Å². The third-order valence-electron chi connectivity index (χ3n) is 2.79. The first-order valence-corrected chi connectivity index (χ1v) is 5.16. The number of hydrogen-bond acceptors (Lipinski definition) is 1. The maximum Gasteiger partial charge on any atom is 0.265 e. The molecule has 1 unspecified atom stereocenters. The quantitative estimate of drug-likeness (QED) is 0.707. The van der Waals surface area contributed by atoms with Crippen molar-refractivity contribution in [1.29, 1.82) is 0 Å². The number of rotatable bonds is 2. The van der Waals surface area contributed by atoms with Crippen LogP contribution in [0.2, 0.25) is 0 Å². The van der Waals surface area contributed by atoms with Crippen LogP contribution >= 0.6 is 0 Å². The summed E-state index contributed by atoms with van der Waals surface area (Å²) in [7, 11) is 0. The molecule has 0 spiro atoms. The van der Waals surface area contributed by atoms with E-state index in [-0.39, 0.29) is 0 Å². The Balaban J connectivity index is 2.57. The zero-order valence-corrected chi connectivity index (χ0v) is 8.45. The molecule has 0 saturated carbocycles. The third-order valence-corrected chi connectivity index (χ3v) is 2.79. The van der Waals surface area contributed by atoms with E-state index in [1.165, 1.54) is 0 Å². The van der Waals surface area contributed by atoms with Crippen LogP contribution in [0.3, 0.4) is 0 Å². The molecule has 3 heteroatoms. The van der Waals surface area contributed by atoms with Crippen LogP contribution in [0.4, 0.5) is 8.78 Å². The van der Waals surface area contributed by atoms with Crippen LogP contribution in [0.15, 0.2) is 0 Å². The summed E-state index contributed by atoms with van der Waals surface area (Å²) in [6.45, 7) is 3.92. The highest BCUT2D eigenvalue weighted by Crippen LogP contribution is 2.31. The third kappa shape index (κ3) is 2.63. The van der Waals surface area contributed by atoms with E-state index in [0.717, 1.165) is 25.8 Å². The van der Waals surface area contributed by atoms with E-state index in [1.807, 2.05) is 0 Å². The Morgan fingerprint density at radius 1 is 1.23 bits per heavy atom. The van der Waals surface area contributed by atoms with Gasteiger partial charge in [0.1, 0.15) is 0 Å². The van der Waals surface area contributed by atoms with Gasteiger partial charge < -0.3 is 5.32 Å². The molecule has 1 N–H and O–H groups in total. The van der Waals surface area contributed by atoms with Crippen LogP contribution in [-0.4, -0.2) is 18.5 Å². The van der Waals surface area contributed by atoms with E-state index in [9.17, 15) is 8.78 Å². The molecule has 0 bridgehead atoms. The van der Waals surface area contributed by atoms with Crippen molar-refractivity contribution in [3.8, 4) is 0 Å². The van der Waals surface area contributed by atoms with Crippen LogP contribution < -0.4 is 5.32 Å². The Kier molecular flexibility index (Phi) is 3.65. The van der Waals surface area contributed by atoms with Gasteiger partial charge in [0.25, 0.3) is 5.92 Å². The van der Waals surface area contributed by atoms with Crippen molar-refractivity contribution < 1.29 is 8.78 Å². The fourth-order valence-electron chi connectivity index (χ4n) is 1.76. The lowest BCUT2D eigenvalue weighted by molar-refractivity contribution is -0.0788. The molecule has 1 aliphatic heterocycles. The average Bonchev–Trinajstić information content (AvgIpc) is 2.31. The summed E-state index contributed by atoms with van der Waals surface area (Å²) in [5, 5.41) is 2.95. The molecule has 0 aromatic heterocycles. The fraction of sp³-hybridized carbons (Fsp3) is 1.00. The van der Waals surface area contributed by atoms with Crippen LogP contribution in [-0.2, 0) is 0 Å². The molecule has 1 atom stereocenters. The second kappa shape index (κ2) is 4.36. The first-order chi connectivity index (χ1) is 6.05. The monoisotopic (exact) mass is 191 g/mol. The number of nitrogens with one attached hydrogen (secondary N) is 1. The highest BCUT2D eigenvalue weighted by Gasteiger charge is 2.42. The van der Waals surface area contributed by atoms with E-state index < -0.39 is 17.9 Å². The van der Waals surface area contributed by atoms with Gasteiger partial charge >= 0.3 is 0 Å². The first-order valence-electron chi connectivity index (χ1n) is 5.16. The lowest BCUT2D eigenvalue weighted by Crippen LogP contribution is -2.47. The highest BCUT2D eigenvalue weighted by atomic mass is 19.3. The van der Waals surface area contributed by atoms with Crippen LogP contribution in [0.1, 0.15) is 39.5 Å². The minimum Gasteiger partial charge on any atom is -0.309 e. The lowest BCUT2D eigenvalue weighted by atomic mass is 9.95. The predicted molar refractivity (Wildman–Crippen MR) is 50.0 cm³/mol. The molecule has 78 valence electrons. The summed E-state index contributed by atoms with van der Waals surface area (Å²) in [5.41, 5.74) is 0. The van der Waals surface area contributed by atoms with Crippen molar-refractivity contribution in [1.82, 2.24) is 5.32 Å². The Bertz CT molecular complexity index is 149. The second-order valence-electron chi connectivity index (χ2n) is 4.19. The van der Waals surface area contributed by atoms with E-state index in [4.69, 9.17) is 0 Å². The summed E-state index contributed by atoms with van der Waals surface area (Å²) in [5.74, 6) is -3.12. The molecular formula is C10H19F2N. The standard InChI is InChI=1S/C10H19F2N/c1-8(2)10(11,12)9-6-4-3-5-7-13-9/h8-9,13H,3-7H2,1-2H3. The normalized spacial score (nSPS) is 26.1. The summed E-state index contributed by atoms with van der Waals surface area (Å²) in [4.78, 5) is 0. The largest absolute Gasteiger partial charge is 0.309 e. The van der Waals surface area contributed by atoms with Gasteiger partial charge in [-0.25, -0.2) is 8.78 Å². The van der Waals surface area contributed by atoms with Gasteiger partial charge in [-0.3, -0.25) is 0 Å². The summed E-state index contributed by atoms with van der Waals surface area (Å²) >= 11 is 0. The topological polar surface area (TPSA) is 12.0 Å². The van der Waals surface area contributed by atoms with Crippen molar-refractivity contribution in [2.75, 3.05) is 6.54 Å². The molecule has 1 nitrogen and oxygen atoms in total. The maximum absolute atomic E-state index is 13.6. The molecular weight excluding hydrogens is 172 g/mol. The van der Waals surface area contributed by atoms with E-state index in [0.29, 0.717) is 6.42 Å². The second-order valence-corrected chi connectivity index (χ2v) is 4.19. The number of halogens is 2. The van der Waals surface area contributed by atoms with Gasteiger partial charge in [-0.05, 0) is 19.4 Å². The highest BCUT2D eigenvalue weighted by molar-refractivity contribution is 4.87. The van der Waals surface area contributed by atoms with Crippen molar-refractivity contribution in [2.45, 2.75) is 51.5 Å². The van der Waals surface area contributed by atoms with Crippen molar-refractivity contribution in [2.24, 2.45) is 5.92 Å². The Hall–Kier alpha value is -0.180. The first kappa shape index (κ1) is 10.9. The lowest BCUT2D eigenvalue weighted by Gasteiger charge is -2.29. The Morgan fingerprint density at radius 2 is 1.92 bits per heavy atom. The van der Waals surface area contributed by atoms with Gasteiger partial charge in [-0.15, -0.1) is 0 Å². The van der Waals surface area contributed by atoms with Crippen LogP contribution in [0.25, 0.3) is 0 Å². The smallest absolute Gasteiger partial charge is 0.265 e. The van der Waals surface area contributed by atoms with Gasteiger partial charge in [-0.2, -0.15) is 0 Å². The summed E-state index contributed by atoms with van der Waals surface area (Å²) < 4.78 is 27.1. The van der Waals surface area contributed by atoms with Gasteiger partial charge in [-0.1, -0.05) is 26.7 Å². The molecule has 0 aromatic carbocycles. The summed E-state index contributed by atoms with van der Waals surface area (Å²) in [6.07, 6.45) is 3.66. The SMILES string of the molecule is CC(C)C(F)(F)C1CCCCCN1. The molecule has 1 aliphatic rings. The van der Waals surface area contributed by atoms with Crippen molar-refractivity contribution >= 4 is 0 Å². The Morgan fingerprint density at radius 3 is 2.54 bits per heavy atom.